The molecular weight excluding hydrogens is 224 g/mol. The van der Waals surface area contributed by atoms with Crippen LogP contribution in [0, 0.1) is 0 Å². The number of carbonyl (C=O) groups excluding carboxylic acids is 1. The fraction of sp³-hybridized carbons (Fsp3) is 0.308. The van der Waals surface area contributed by atoms with Crippen LogP contribution in [0.25, 0.3) is 0 Å². The maximum atomic E-state index is 11.9. The van der Waals surface area contributed by atoms with Crippen molar-refractivity contribution in [2.24, 2.45) is 0 Å². The lowest BCUT2D eigenvalue weighted by Crippen LogP contribution is -2.23. The Morgan fingerprint density at radius 2 is 2.31 bits per heavy atom. The molecule has 16 heavy (non-hydrogen) atoms. The van der Waals surface area contributed by atoms with Gasteiger partial charge in [-0.25, -0.2) is 0 Å². The van der Waals surface area contributed by atoms with Gasteiger partial charge in [-0.2, -0.15) is 0 Å². The molecule has 0 atom stereocenters. The van der Waals surface area contributed by atoms with Crippen LogP contribution < -0.4 is 0 Å². The molecule has 1 saturated carbocycles. The molecular formula is C13H13ClO2. The van der Waals surface area contributed by atoms with Gasteiger partial charge >= 0.3 is 5.97 Å². The fourth-order valence-corrected chi connectivity index (χ4v) is 1.98. The number of hydrogen-bond donors (Lipinski definition) is 0. The summed E-state index contributed by atoms with van der Waals surface area (Å²) in [6, 6.07) is 7.42. The molecule has 0 aromatic heterocycles. The molecule has 2 nitrogen and oxygen atoms in total. The van der Waals surface area contributed by atoms with E-state index in [0.29, 0.717) is 5.02 Å². The van der Waals surface area contributed by atoms with Crippen molar-refractivity contribution in [2.45, 2.75) is 18.3 Å². The highest BCUT2D eigenvalue weighted by Gasteiger charge is 2.52. The molecule has 0 unspecified atom stereocenters. The van der Waals surface area contributed by atoms with Gasteiger partial charge in [-0.15, -0.1) is 0 Å². The van der Waals surface area contributed by atoms with Crippen molar-refractivity contribution in [3.8, 4) is 0 Å². The zero-order valence-corrected chi connectivity index (χ0v) is 9.67. The minimum Gasteiger partial charge on any atom is -0.461 e. The van der Waals surface area contributed by atoms with Crippen LogP contribution in [0.3, 0.4) is 0 Å². The van der Waals surface area contributed by atoms with Gasteiger partial charge in [0.25, 0.3) is 0 Å². The van der Waals surface area contributed by atoms with E-state index in [1.807, 2.05) is 18.2 Å². The first-order valence-electron chi connectivity index (χ1n) is 5.23. The quantitative estimate of drug-likeness (QED) is 0.593. The molecule has 1 aliphatic carbocycles. The van der Waals surface area contributed by atoms with Crippen LogP contribution in [0.2, 0.25) is 5.02 Å². The van der Waals surface area contributed by atoms with Gasteiger partial charge in [0.05, 0.1) is 5.41 Å². The summed E-state index contributed by atoms with van der Waals surface area (Å²) in [4.78, 5) is 11.9. The van der Waals surface area contributed by atoms with Crippen molar-refractivity contribution in [2.75, 3.05) is 6.61 Å². The van der Waals surface area contributed by atoms with Gasteiger partial charge in [0.15, 0.2) is 0 Å². The van der Waals surface area contributed by atoms with Gasteiger partial charge in [0, 0.05) is 5.02 Å². The van der Waals surface area contributed by atoms with Crippen LogP contribution in [0.15, 0.2) is 36.9 Å². The molecule has 0 spiro atoms. The average Bonchev–Trinajstić information content (AvgIpc) is 3.07. The first-order valence-corrected chi connectivity index (χ1v) is 5.61. The molecule has 3 heteroatoms. The zero-order chi connectivity index (χ0) is 11.6. The summed E-state index contributed by atoms with van der Waals surface area (Å²) >= 11 is 5.92. The second kappa shape index (κ2) is 4.30. The van der Waals surface area contributed by atoms with Gasteiger partial charge in [0.2, 0.25) is 0 Å². The van der Waals surface area contributed by atoms with Crippen molar-refractivity contribution in [3.05, 3.63) is 47.5 Å². The topological polar surface area (TPSA) is 26.3 Å². The lowest BCUT2D eigenvalue weighted by atomic mass is 9.96. The summed E-state index contributed by atoms with van der Waals surface area (Å²) in [7, 11) is 0. The van der Waals surface area contributed by atoms with Crippen LogP contribution in [0.4, 0.5) is 0 Å². The third kappa shape index (κ3) is 1.98. The molecule has 1 aromatic carbocycles. The highest BCUT2D eigenvalue weighted by Crippen LogP contribution is 2.49. The number of esters is 1. The van der Waals surface area contributed by atoms with E-state index in [0.717, 1.165) is 18.4 Å². The van der Waals surface area contributed by atoms with E-state index in [2.05, 4.69) is 6.58 Å². The third-order valence-electron chi connectivity index (χ3n) is 2.85. The SMILES string of the molecule is C=CCOC(=O)C1(c2cccc(Cl)c2)CC1. The number of ether oxygens (including phenoxy) is 1. The van der Waals surface area contributed by atoms with Gasteiger partial charge < -0.3 is 4.74 Å². The van der Waals surface area contributed by atoms with Gasteiger partial charge in [-0.3, -0.25) is 4.79 Å². The van der Waals surface area contributed by atoms with Gasteiger partial charge in [-0.1, -0.05) is 36.4 Å². The molecule has 0 aliphatic heterocycles. The molecule has 0 N–H and O–H groups in total. The standard InChI is InChI=1S/C13H13ClO2/c1-2-8-16-12(15)13(6-7-13)10-4-3-5-11(14)9-10/h2-5,9H,1,6-8H2. The molecule has 1 aromatic rings. The summed E-state index contributed by atoms with van der Waals surface area (Å²) in [6.07, 6.45) is 3.25. The van der Waals surface area contributed by atoms with Crippen LogP contribution >= 0.6 is 11.6 Å². The van der Waals surface area contributed by atoms with E-state index < -0.39 is 5.41 Å². The minimum atomic E-state index is -0.450. The second-order valence-electron chi connectivity index (χ2n) is 3.98. The lowest BCUT2D eigenvalue weighted by Gasteiger charge is -2.14. The normalized spacial score (nSPS) is 16.6. The van der Waals surface area contributed by atoms with E-state index >= 15 is 0 Å². The number of rotatable bonds is 4. The van der Waals surface area contributed by atoms with Crippen molar-refractivity contribution < 1.29 is 9.53 Å². The van der Waals surface area contributed by atoms with Crippen LogP contribution in [-0.2, 0) is 14.9 Å². The Balaban J connectivity index is 2.19. The minimum absolute atomic E-state index is 0.172. The zero-order valence-electron chi connectivity index (χ0n) is 8.91. The molecule has 0 amide bonds. The number of carbonyl (C=O) groups is 1. The van der Waals surface area contributed by atoms with Crippen LogP contribution in [0.1, 0.15) is 18.4 Å². The smallest absolute Gasteiger partial charge is 0.316 e. The number of benzene rings is 1. The van der Waals surface area contributed by atoms with E-state index in [1.165, 1.54) is 0 Å². The van der Waals surface area contributed by atoms with Crippen molar-refractivity contribution >= 4 is 17.6 Å². The first kappa shape index (κ1) is 11.2. The highest BCUT2D eigenvalue weighted by molar-refractivity contribution is 6.30. The van der Waals surface area contributed by atoms with E-state index in [1.54, 1.807) is 12.1 Å². The Kier molecular flexibility index (Phi) is 3.01. The summed E-state index contributed by atoms with van der Waals surface area (Å²) in [5.74, 6) is -0.172. The molecule has 0 heterocycles. The largest absolute Gasteiger partial charge is 0.461 e. The summed E-state index contributed by atoms with van der Waals surface area (Å²) in [6.45, 7) is 3.79. The predicted molar refractivity (Wildman–Crippen MR) is 63.5 cm³/mol. The third-order valence-corrected chi connectivity index (χ3v) is 3.09. The van der Waals surface area contributed by atoms with Crippen molar-refractivity contribution in [3.63, 3.8) is 0 Å². The summed E-state index contributed by atoms with van der Waals surface area (Å²) in [5, 5.41) is 0.653. The molecule has 0 radical (unpaired) electrons. The van der Waals surface area contributed by atoms with Crippen molar-refractivity contribution in [1.29, 1.82) is 0 Å². The molecule has 0 bridgehead atoms. The van der Waals surface area contributed by atoms with E-state index in [4.69, 9.17) is 16.3 Å². The maximum absolute atomic E-state index is 11.9. The Hall–Kier alpha value is -1.28. The Morgan fingerprint density at radius 3 is 2.88 bits per heavy atom. The molecule has 1 aliphatic rings. The van der Waals surface area contributed by atoms with Gasteiger partial charge in [0.1, 0.15) is 6.61 Å². The Bertz CT molecular complexity index is 422. The monoisotopic (exact) mass is 236 g/mol. The maximum Gasteiger partial charge on any atom is 0.316 e. The summed E-state index contributed by atoms with van der Waals surface area (Å²) < 4.78 is 5.11. The van der Waals surface area contributed by atoms with Crippen LogP contribution in [-0.4, -0.2) is 12.6 Å². The number of hydrogen-bond acceptors (Lipinski definition) is 2. The van der Waals surface area contributed by atoms with Crippen LogP contribution in [0.5, 0.6) is 0 Å². The predicted octanol–water partition coefficient (Wildman–Crippen LogP) is 3.10. The van der Waals surface area contributed by atoms with E-state index in [-0.39, 0.29) is 12.6 Å². The van der Waals surface area contributed by atoms with Gasteiger partial charge in [-0.05, 0) is 30.5 Å². The second-order valence-corrected chi connectivity index (χ2v) is 4.42. The molecule has 84 valence electrons. The molecule has 2 rings (SSSR count). The average molecular weight is 237 g/mol. The highest BCUT2D eigenvalue weighted by atomic mass is 35.5. The Morgan fingerprint density at radius 1 is 1.56 bits per heavy atom. The van der Waals surface area contributed by atoms with E-state index in [9.17, 15) is 4.79 Å². The molecule has 0 saturated heterocycles. The molecule has 1 fully saturated rings. The Labute approximate surface area is 99.9 Å². The fourth-order valence-electron chi connectivity index (χ4n) is 1.79. The first-order chi connectivity index (χ1) is 7.69. The number of halogens is 1. The summed E-state index contributed by atoms with van der Waals surface area (Å²) in [5.41, 5.74) is 0.502. The lowest BCUT2D eigenvalue weighted by molar-refractivity contribution is -0.145. The van der Waals surface area contributed by atoms with Crippen molar-refractivity contribution in [1.82, 2.24) is 0 Å².